The van der Waals surface area contributed by atoms with E-state index in [0.29, 0.717) is 30.3 Å². The number of likely N-dealkylation sites (N-methyl/N-ethyl adjacent to an activating group) is 1. The maximum Gasteiger partial charge on any atom is 0.148 e. The zero-order chi connectivity index (χ0) is 14.3. The summed E-state index contributed by atoms with van der Waals surface area (Å²) < 4.78 is 23.7. The zero-order valence-corrected chi connectivity index (χ0v) is 11.7. The van der Waals surface area contributed by atoms with Crippen molar-refractivity contribution >= 4 is 11.4 Å². The lowest BCUT2D eigenvalue weighted by Crippen LogP contribution is -2.28. The highest BCUT2D eigenvalue weighted by Crippen LogP contribution is 2.27. The van der Waals surface area contributed by atoms with E-state index >= 15 is 0 Å². The lowest BCUT2D eigenvalue weighted by atomic mass is 10.2. The lowest BCUT2D eigenvalue weighted by Gasteiger charge is -2.17. The highest BCUT2D eigenvalue weighted by atomic mass is 19.1. The van der Waals surface area contributed by atoms with E-state index < -0.39 is 0 Å². The maximum absolute atomic E-state index is 13.7. The van der Waals surface area contributed by atoms with Crippen LogP contribution in [0.3, 0.4) is 0 Å². The molecule has 1 aromatic rings. The second-order valence-corrected chi connectivity index (χ2v) is 4.30. The molecule has 0 fully saturated rings. The van der Waals surface area contributed by atoms with Gasteiger partial charge in [-0.15, -0.1) is 0 Å². The van der Waals surface area contributed by atoms with E-state index in [0.717, 1.165) is 13.1 Å². The monoisotopic (exact) mass is 271 g/mol. The Hall–Kier alpha value is -1.53. The molecule has 0 atom stereocenters. The van der Waals surface area contributed by atoms with E-state index in [1.165, 1.54) is 13.2 Å². The fraction of sp³-hybridized carbons (Fsp3) is 0.538. The van der Waals surface area contributed by atoms with Gasteiger partial charge in [-0.05, 0) is 7.05 Å². The summed E-state index contributed by atoms with van der Waals surface area (Å²) in [6.45, 7) is 2.94. The largest absolute Gasteiger partial charge is 0.495 e. The topological polar surface area (TPSA) is 59.8 Å². The number of benzene rings is 1. The van der Waals surface area contributed by atoms with Crippen LogP contribution in [0, 0.1) is 5.82 Å². The first kappa shape index (κ1) is 15.5. The second-order valence-electron chi connectivity index (χ2n) is 4.30. The summed E-state index contributed by atoms with van der Waals surface area (Å²) in [6, 6.07) is 2.83. The maximum atomic E-state index is 13.7. The van der Waals surface area contributed by atoms with Crippen molar-refractivity contribution in [3.05, 3.63) is 17.9 Å². The number of halogens is 1. The third-order valence-electron chi connectivity index (χ3n) is 2.81. The van der Waals surface area contributed by atoms with Crippen molar-refractivity contribution in [2.24, 2.45) is 0 Å². The van der Waals surface area contributed by atoms with Crippen LogP contribution in [0.4, 0.5) is 15.8 Å². The van der Waals surface area contributed by atoms with Gasteiger partial charge in [0, 0.05) is 38.9 Å². The average molecular weight is 271 g/mol. The zero-order valence-electron chi connectivity index (χ0n) is 11.7. The van der Waals surface area contributed by atoms with Crippen molar-refractivity contribution in [2.75, 3.05) is 58.6 Å². The van der Waals surface area contributed by atoms with Crippen LogP contribution >= 0.6 is 0 Å². The Morgan fingerprint density at radius 2 is 2.05 bits per heavy atom. The average Bonchev–Trinajstić information content (AvgIpc) is 2.38. The van der Waals surface area contributed by atoms with Crippen LogP contribution in [0.15, 0.2) is 12.1 Å². The molecule has 1 rings (SSSR count). The Labute approximate surface area is 113 Å². The molecule has 0 spiro atoms. The van der Waals surface area contributed by atoms with Gasteiger partial charge in [-0.3, -0.25) is 0 Å². The van der Waals surface area contributed by atoms with Crippen LogP contribution < -0.4 is 15.8 Å². The van der Waals surface area contributed by atoms with Gasteiger partial charge in [0.25, 0.3) is 0 Å². The summed E-state index contributed by atoms with van der Waals surface area (Å²) in [5.74, 6) is 0.0921. The van der Waals surface area contributed by atoms with Gasteiger partial charge in [-0.25, -0.2) is 4.39 Å². The molecular formula is C13H22FN3O2. The molecule has 0 heterocycles. The molecule has 0 bridgehead atoms. The number of anilines is 2. The molecule has 3 N–H and O–H groups in total. The van der Waals surface area contributed by atoms with Crippen molar-refractivity contribution in [3.8, 4) is 5.75 Å². The van der Waals surface area contributed by atoms with Crippen LogP contribution in [0.1, 0.15) is 0 Å². The van der Waals surface area contributed by atoms with E-state index in [-0.39, 0.29) is 5.82 Å². The summed E-state index contributed by atoms with van der Waals surface area (Å²) in [5.41, 5.74) is 6.31. The van der Waals surface area contributed by atoms with Gasteiger partial charge in [-0.1, -0.05) is 0 Å². The van der Waals surface area contributed by atoms with Gasteiger partial charge in [0.2, 0.25) is 0 Å². The van der Waals surface area contributed by atoms with Gasteiger partial charge in [-0.2, -0.15) is 0 Å². The number of rotatable bonds is 8. The summed E-state index contributed by atoms with van der Waals surface area (Å²) in [4.78, 5) is 2.10. The number of methoxy groups -OCH3 is 2. The SMILES string of the molecule is COCCN(C)CCNc1cc(OC)c(N)cc1F. The Balaban J connectivity index is 2.49. The third kappa shape index (κ3) is 4.92. The first-order valence-electron chi connectivity index (χ1n) is 6.12. The summed E-state index contributed by atoms with van der Waals surface area (Å²) in [7, 11) is 5.16. The van der Waals surface area contributed by atoms with Crippen LogP contribution in [0.25, 0.3) is 0 Å². The molecular weight excluding hydrogens is 249 g/mol. The number of hydrogen-bond acceptors (Lipinski definition) is 5. The van der Waals surface area contributed by atoms with Crippen LogP contribution in [-0.4, -0.2) is 52.4 Å². The molecule has 0 aliphatic carbocycles. The Morgan fingerprint density at radius 1 is 1.32 bits per heavy atom. The van der Waals surface area contributed by atoms with Crippen LogP contribution in [-0.2, 0) is 4.74 Å². The molecule has 0 aromatic heterocycles. The van der Waals surface area contributed by atoms with E-state index in [1.54, 1.807) is 13.2 Å². The van der Waals surface area contributed by atoms with Crippen molar-refractivity contribution < 1.29 is 13.9 Å². The summed E-state index contributed by atoms with van der Waals surface area (Å²) >= 11 is 0. The Morgan fingerprint density at radius 3 is 2.68 bits per heavy atom. The van der Waals surface area contributed by atoms with Gasteiger partial charge in [0.15, 0.2) is 0 Å². The van der Waals surface area contributed by atoms with Crippen LogP contribution in [0.5, 0.6) is 5.75 Å². The van der Waals surface area contributed by atoms with Gasteiger partial charge < -0.3 is 25.4 Å². The molecule has 0 amide bonds. The molecule has 0 radical (unpaired) electrons. The number of nitrogens with two attached hydrogens (primary N) is 1. The van der Waals surface area contributed by atoms with Crippen molar-refractivity contribution in [3.63, 3.8) is 0 Å². The molecule has 1 aromatic carbocycles. The van der Waals surface area contributed by atoms with E-state index in [2.05, 4.69) is 10.2 Å². The second kappa shape index (κ2) is 7.81. The molecule has 0 saturated carbocycles. The number of hydrogen-bond donors (Lipinski definition) is 2. The fourth-order valence-electron chi connectivity index (χ4n) is 1.62. The predicted octanol–water partition coefficient (Wildman–Crippen LogP) is 1.41. The van der Waals surface area contributed by atoms with Crippen LogP contribution in [0.2, 0.25) is 0 Å². The molecule has 6 heteroatoms. The van der Waals surface area contributed by atoms with E-state index in [9.17, 15) is 4.39 Å². The highest BCUT2D eigenvalue weighted by Gasteiger charge is 2.08. The summed E-state index contributed by atoms with van der Waals surface area (Å²) in [6.07, 6.45) is 0. The van der Waals surface area contributed by atoms with E-state index in [4.69, 9.17) is 15.2 Å². The lowest BCUT2D eigenvalue weighted by molar-refractivity contribution is 0.163. The molecule has 0 aliphatic heterocycles. The Bertz CT molecular complexity index is 402. The van der Waals surface area contributed by atoms with Gasteiger partial charge in [0.05, 0.1) is 25.1 Å². The third-order valence-corrected chi connectivity index (χ3v) is 2.81. The Kier molecular flexibility index (Phi) is 6.38. The molecule has 19 heavy (non-hydrogen) atoms. The van der Waals surface area contributed by atoms with Crippen molar-refractivity contribution in [1.29, 1.82) is 0 Å². The quantitative estimate of drug-likeness (QED) is 0.700. The fourth-order valence-corrected chi connectivity index (χ4v) is 1.62. The molecule has 108 valence electrons. The standard InChI is InChI=1S/C13H22FN3O2/c1-17(6-7-18-2)5-4-16-12-9-13(19-3)11(15)8-10(12)14/h8-9,16H,4-7,15H2,1-3H3. The smallest absolute Gasteiger partial charge is 0.148 e. The minimum absolute atomic E-state index is 0.294. The first-order chi connectivity index (χ1) is 9.08. The normalized spacial score (nSPS) is 10.8. The molecule has 5 nitrogen and oxygen atoms in total. The minimum Gasteiger partial charge on any atom is -0.495 e. The predicted molar refractivity (Wildman–Crippen MR) is 75.2 cm³/mol. The summed E-state index contributed by atoms with van der Waals surface area (Å²) in [5, 5.41) is 3.03. The van der Waals surface area contributed by atoms with E-state index in [1.807, 2.05) is 7.05 Å². The number of ether oxygens (including phenoxy) is 2. The minimum atomic E-state index is -0.377. The highest BCUT2D eigenvalue weighted by molar-refractivity contribution is 5.62. The number of nitrogens with one attached hydrogen (secondary N) is 1. The first-order valence-corrected chi connectivity index (χ1v) is 6.12. The van der Waals surface area contributed by atoms with Crippen molar-refractivity contribution in [1.82, 2.24) is 4.90 Å². The number of nitrogens with zero attached hydrogens (tertiary/aromatic N) is 1. The number of nitrogen functional groups attached to an aromatic ring is 1. The van der Waals surface area contributed by atoms with Gasteiger partial charge >= 0.3 is 0 Å². The molecule has 0 unspecified atom stereocenters. The van der Waals surface area contributed by atoms with Crippen molar-refractivity contribution in [2.45, 2.75) is 0 Å². The van der Waals surface area contributed by atoms with Gasteiger partial charge in [0.1, 0.15) is 11.6 Å². The molecule has 0 aliphatic rings. The molecule has 0 saturated heterocycles.